The predicted octanol–water partition coefficient (Wildman–Crippen LogP) is 0.910. The summed E-state index contributed by atoms with van der Waals surface area (Å²) in [5, 5.41) is 9.66. The first kappa shape index (κ1) is 16.4. The number of ether oxygens (including phenoxy) is 2. The number of allylic oxidation sites excluding steroid dienone is 1. The van der Waals surface area contributed by atoms with Gasteiger partial charge in [0.2, 0.25) is 0 Å². The number of hydrogen-bond acceptors (Lipinski definition) is 6. The standard InChI is InChI=1S/C14H20O6/c1-3-4-13(17)20-12-7-9(2)19-14(18)6-5-10(15)8-11(12)16/h3-4,9-10,12,15H,5-8H2,1-2H3. The van der Waals surface area contributed by atoms with Gasteiger partial charge in [0.05, 0.1) is 6.10 Å². The summed E-state index contributed by atoms with van der Waals surface area (Å²) in [6.45, 7) is 3.30. The SMILES string of the molecule is CC=CC(=O)OC1CC(C)OC(=O)CCC(O)CC1=O. The molecular formula is C14H20O6. The van der Waals surface area contributed by atoms with Gasteiger partial charge < -0.3 is 14.6 Å². The number of carbonyl (C=O) groups excluding carboxylic acids is 3. The van der Waals surface area contributed by atoms with E-state index in [1.165, 1.54) is 12.2 Å². The smallest absolute Gasteiger partial charge is 0.331 e. The minimum atomic E-state index is -1.01. The van der Waals surface area contributed by atoms with Crippen molar-refractivity contribution in [2.75, 3.05) is 0 Å². The average molecular weight is 284 g/mol. The lowest BCUT2D eigenvalue weighted by molar-refractivity contribution is -0.159. The van der Waals surface area contributed by atoms with Crippen LogP contribution < -0.4 is 0 Å². The summed E-state index contributed by atoms with van der Waals surface area (Å²) in [5.41, 5.74) is 0. The van der Waals surface area contributed by atoms with Crippen LogP contribution in [0, 0.1) is 0 Å². The van der Waals surface area contributed by atoms with Crippen molar-refractivity contribution in [1.82, 2.24) is 0 Å². The Morgan fingerprint density at radius 3 is 2.80 bits per heavy atom. The second-order valence-corrected chi connectivity index (χ2v) is 4.82. The van der Waals surface area contributed by atoms with Crippen LogP contribution >= 0.6 is 0 Å². The van der Waals surface area contributed by atoms with Gasteiger partial charge in [0.15, 0.2) is 11.9 Å². The Hall–Kier alpha value is -1.69. The Morgan fingerprint density at radius 2 is 2.15 bits per heavy atom. The van der Waals surface area contributed by atoms with Gasteiger partial charge in [-0.1, -0.05) is 6.08 Å². The van der Waals surface area contributed by atoms with Gasteiger partial charge in [-0.15, -0.1) is 0 Å². The van der Waals surface area contributed by atoms with E-state index in [4.69, 9.17) is 9.47 Å². The number of hydrogen-bond donors (Lipinski definition) is 1. The summed E-state index contributed by atoms with van der Waals surface area (Å²) in [6.07, 6.45) is 0.457. The fourth-order valence-corrected chi connectivity index (χ4v) is 1.94. The molecule has 1 aliphatic heterocycles. The zero-order chi connectivity index (χ0) is 15.1. The Morgan fingerprint density at radius 1 is 1.45 bits per heavy atom. The molecule has 3 unspecified atom stereocenters. The molecule has 20 heavy (non-hydrogen) atoms. The van der Waals surface area contributed by atoms with Gasteiger partial charge in [-0.3, -0.25) is 9.59 Å². The van der Waals surface area contributed by atoms with Gasteiger partial charge in [-0.25, -0.2) is 4.79 Å². The van der Waals surface area contributed by atoms with Crippen LogP contribution in [0.5, 0.6) is 0 Å². The van der Waals surface area contributed by atoms with Crippen molar-refractivity contribution in [3.8, 4) is 0 Å². The van der Waals surface area contributed by atoms with Crippen molar-refractivity contribution >= 4 is 17.7 Å². The number of cyclic esters (lactones) is 1. The van der Waals surface area contributed by atoms with Crippen molar-refractivity contribution in [3.05, 3.63) is 12.2 Å². The lowest BCUT2D eigenvalue weighted by atomic mass is 10.00. The summed E-state index contributed by atoms with van der Waals surface area (Å²) >= 11 is 0. The molecule has 0 aromatic rings. The summed E-state index contributed by atoms with van der Waals surface area (Å²) in [6, 6.07) is 0. The Kier molecular flexibility index (Phi) is 6.38. The molecule has 1 N–H and O–H groups in total. The van der Waals surface area contributed by atoms with E-state index in [9.17, 15) is 19.5 Å². The third kappa shape index (κ3) is 5.52. The molecule has 112 valence electrons. The van der Waals surface area contributed by atoms with Crippen LogP contribution in [0.2, 0.25) is 0 Å². The highest BCUT2D eigenvalue weighted by molar-refractivity contribution is 5.89. The van der Waals surface area contributed by atoms with E-state index in [1.807, 2.05) is 0 Å². The summed E-state index contributed by atoms with van der Waals surface area (Å²) < 4.78 is 10.1. The maximum Gasteiger partial charge on any atom is 0.331 e. The molecule has 6 nitrogen and oxygen atoms in total. The van der Waals surface area contributed by atoms with Crippen LogP contribution in [0.15, 0.2) is 12.2 Å². The average Bonchev–Trinajstić information content (AvgIpc) is 2.34. The van der Waals surface area contributed by atoms with E-state index in [1.54, 1.807) is 13.8 Å². The zero-order valence-electron chi connectivity index (χ0n) is 11.7. The molecule has 6 heteroatoms. The van der Waals surface area contributed by atoms with E-state index in [2.05, 4.69) is 0 Å². The van der Waals surface area contributed by atoms with Crippen LogP contribution in [0.3, 0.4) is 0 Å². The lowest BCUT2D eigenvalue weighted by Crippen LogP contribution is -2.35. The third-order valence-electron chi connectivity index (χ3n) is 2.92. The van der Waals surface area contributed by atoms with E-state index >= 15 is 0 Å². The molecular weight excluding hydrogens is 264 g/mol. The molecule has 1 rings (SSSR count). The topological polar surface area (TPSA) is 89.9 Å². The van der Waals surface area contributed by atoms with E-state index in [0.29, 0.717) is 0 Å². The van der Waals surface area contributed by atoms with Crippen LogP contribution in [0.4, 0.5) is 0 Å². The summed E-state index contributed by atoms with van der Waals surface area (Å²) in [4.78, 5) is 34.9. The number of ketones is 1. The minimum Gasteiger partial charge on any atom is -0.462 e. The molecule has 1 heterocycles. The molecule has 0 aromatic heterocycles. The van der Waals surface area contributed by atoms with Gasteiger partial charge in [0.1, 0.15) is 6.10 Å². The first-order chi connectivity index (χ1) is 9.42. The lowest BCUT2D eigenvalue weighted by Gasteiger charge is -2.23. The Bertz CT molecular complexity index is 400. The first-order valence-electron chi connectivity index (χ1n) is 6.66. The maximum absolute atomic E-state index is 12.0. The second kappa shape index (κ2) is 7.79. The Labute approximate surface area is 117 Å². The first-order valence-corrected chi connectivity index (χ1v) is 6.66. The normalized spacial score (nSPS) is 29.1. The molecule has 0 spiro atoms. The summed E-state index contributed by atoms with van der Waals surface area (Å²) in [7, 11) is 0. The Balaban J connectivity index is 2.78. The van der Waals surface area contributed by atoms with E-state index in [0.717, 1.165) is 0 Å². The molecule has 1 saturated heterocycles. The molecule has 0 saturated carbocycles. The third-order valence-corrected chi connectivity index (χ3v) is 2.92. The fraction of sp³-hybridized carbons (Fsp3) is 0.643. The number of esters is 2. The molecule has 0 aliphatic carbocycles. The van der Waals surface area contributed by atoms with Gasteiger partial charge >= 0.3 is 11.9 Å². The van der Waals surface area contributed by atoms with E-state index < -0.39 is 30.3 Å². The number of aliphatic hydroxyl groups excluding tert-OH is 1. The highest BCUT2D eigenvalue weighted by atomic mass is 16.6. The molecule has 1 fully saturated rings. The summed E-state index contributed by atoms with van der Waals surface area (Å²) in [5.74, 6) is -1.42. The van der Waals surface area contributed by atoms with Crippen molar-refractivity contribution in [2.45, 2.75) is 57.8 Å². The molecule has 1 aliphatic rings. The van der Waals surface area contributed by atoms with Crippen LogP contribution in [-0.4, -0.2) is 41.1 Å². The highest BCUT2D eigenvalue weighted by Gasteiger charge is 2.29. The minimum absolute atomic E-state index is 0.0712. The number of carbonyl (C=O) groups is 3. The molecule has 0 amide bonds. The largest absolute Gasteiger partial charge is 0.462 e. The van der Waals surface area contributed by atoms with E-state index in [-0.39, 0.29) is 31.5 Å². The fourth-order valence-electron chi connectivity index (χ4n) is 1.94. The van der Waals surface area contributed by atoms with Crippen molar-refractivity contribution in [3.63, 3.8) is 0 Å². The quantitative estimate of drug-likeness (QED) is 0.599. The molecule has 0 aromatic carbocycles. The number of Topliss-reactive ketones (excluding diaryl/α,β-unsaturated/α-hetero) is 1. The molecule has 3 atom stereocenters. The van der Waals surface area contributed by atoms with Gasteiger partial charge in [0, 0.05) is 25.3 Å². The van der Waals surface area contributed by atoms with Gasteiger partial charge in [0.25, 0.3) is 0 Å². The second-order valence-electron chi connectivity index (χ2n) is 4.82. The highest BCUT2D eigenvalue weighted by Crippen LogP contribution is 2.16. The monoisotopic (exact) mass is 284 g/mol. The number of rotatable bonds is 2. The van der Waals surface area contributed by atoms with Crippen molar-refractivity contribution in [1.29, 1.82) is 0 Å². The van der Waals surface area contributed by atoms with Crippen molar-refractivity contribution in [2.24, 2.45) is 0 Å². The van der Waals surface area contributed by atoms with Crippen LogP contribution in [0.25, 0.3) is 0 Å². The van der Waals surface area contributed by atoms with Gasteiger partial charge in [-0.05, 0) is 20.3 Å². The zero-order valence-corrected chi connectivity index (χ0v) is 11.7. The maximum atomic E-state index is 12.0. The van der Waals surface area contributed by atoms with Crippen LogP contribution in [0.1, 0.15) is 39.5 Å². The van der Waals surface area contributed by atoms with Crippen LogP contribution in [-0.2, 0) is 23.9 Å². The van der Waals surface area contributed by atoms with Crippen molar-refractivity contribution < 1.29 is 29.0 Å². The van der Waals surface area contributed by atoms with Gasteiger partial charge in [-0.2, -0.15) is 0 Å². The predicted molar refractivity (Wildman–Crippen MR) is 69.7 cm³/mol. The molecule has 0 bridgehead atoms. The number of aliphatic hydroxyl groups is 1. The molecule has 0 radical (unpaired) electrons.